The molecular formula is C25H30ClN7O. The maximum absolute atomic E-state index is 6.45. The number of aromatic nitrogens is 4. The summed E-state index contributed by atoms with van der Waals surface area (Å²) in [6.45, 7) is 6.75. The van der Waals surface area contributed by atoms with E-state index in [-0.39, 0.29) is 6.04 Å². The van der Waals surface area contributed by atoms with E-state index in [1.807, 2.05) is 18.3 Å². The Morgan fingerprint density at radius 3 is 2.82 bits per heavy atom. The summed E-state index contributed by atoms with van der Waals surface area (Å²) in [6.07, 6.45) is 3.92. The number of hydrogen-bond acceptors (Lipinski definition) is 7. The van der Waals surface area contributed by atoms with Crippen LogP contribution in [0.4, 0.5) is 5.82 Å². The van der Waals surface area contributed by atoms with Gasteiger partial charge in [-0.05, 0) is 48.7 Å². The van der Waals surface area contributed by atoms with Crippen LogP contribution in [-0.2, 0) is 17.8 Å². The van der Waals surface area contributed by atoms with Crippen LogP contribution in [0.1, 0.15) is 36.0 Å². The smallest absolute Gasteiger partial charge is 0.151 e. The van der Waals surface area contributed by atoms with E-state index in [4.69, 9.17) is 26.5 Å². The van der Waals surface area contributed by atoms with Crippen LogP contribution in [-0.4, -0.2) is 70.1 Å². The number of hydrogen-bond donors (Lipinski definition) is 1. The van der Waals surface area contributed by atoms with Crippen LogP contribution in [0.3, 0.4) is 0 Å². The fourth-order valence-electron chi connectivity index (χ4n) is 5.41. The Bertz CT molecular complexity index is 1120. The van der Waals surface area contributed by atoms with E-state index in [0.29, 0.717) is 5.92 Å². The molecule has 0 saturated carbocycles. The van der Waals surface area contributed by atoms with E-state index in [1.54, 1.807) is 0 Å². The summed E-state index contributed by atoms with van der Waals surface area (Å²) in [7, 11) is 0. The molecule has 1 unspecified atom stereocenters. The lowest BCUT2D eigenvalue weighted by atomic mass is 9.95. The third-order valence-electron chi connectivity index (χ3n) is 7.22. The highest BCUT2D eigenvalue weighted by Crippen LogP contribution is 2.34. The SMILES string of the molecule is Clc1ccc2c(c1)CN(C1CNCCOC1)Cc1nnc(C3CCN(c4ccccn4)CC3)n1-2. The Morgan fingerprint density at radius 2 is 1.97 bits per heavy atom. The highest BCUT2D eigenvalue weighted by Gasteiger charge is 2.32. The zero-order valence-corrected chi connectivity index (χ0v) is 20.0. The maximum atomic E-state index is 6.45. The van der Waals surface area contributed by atoms with Crippen molar-refractivity contribution in [2.75, 3.05) is 44.3 Å². The van der Waals surface area contributed by atoms with Gasteiger partial charge < -0.3 is 15.0 Å². The normalized spacial score (nSPS) is 22.0. The largest absolute Gasteiger partial charge is 0.378 e. The second-order valence-corrected chi connectivity index (χ2v) is 9.81. The van der Waals surface area contributed by atoms with Gasteiger partial charge in [0.2, 0.25) is 0 Å². The van der Waals surface area contributed by atoms with Crippen LogP contribution in [0, 0.1) is 0 Å². The molecule has 2 fully saturated rings. The van der Waals surface area contributed by atoms with E-state index in [9.17, 15) is 0 Å². The summed E-state index contributed by atoms with van der Waals surface area (Å²) in [5.74, 6) is 3.47. The molecule has 1 aromatic carbocycles. The lowest BCUT2D eigenvalue weighted by molar-refractivity contribution is 0.0717. The van der Waals surface area contributed by atoms with Crippen molar-refractivity contribution in [3.8, 4) is 5.69 Å². The highest BCUT2D eigenvalue weighted by atomic mass is 35.5. The van der Waals surface area contributed by atoms with E-state index in [1.165, 1.54) is 5.56 Å². The molecule has 2 aromatic heterocycles. The number of pyridine rings is 1. The Morgan fingerprint density at radius 1 is 1.06 bits per heavy atom. The lowest BCUT2D eigenvalue weighted by Gasteiger charge is -2.32. The molecule has 2 saturated heterocycles. The summed E-state index contributed by atoms with van der Waals surface area (Å²) < 4.78 is 8.17. The van der Waals surface area contributed by atoms with Crippen molar-refractivity contribution in [2.24, 2.45) is 0 Å². The number of nitrogens with one attached hydrogen (secondary N) is 1. The van der Waals surface area contributed by atoms with Gasteiger partial charge in [-0.15, -0.1) is 10.2 Å². The molecule has 0 radical (unpaired) electrons. The predicted molar refractivity (Wildman–Crippen MR) is 132 cm³/mol. The number of piperidine rings is 1. The monoisotopic (exact) mass is 479 g/mol. The topological polar surface area (TPSA) is 71.3 Å². The first-order valence-corrected chi connectivity index (χ1v) is 12.6. The fourth-order valence-corrected chi connectivity index (χ4v) is 5.60. The molecule has 34 heavy (non-hydrogen) atoms. The maximum Gasteiger partial charge on any atom is 0.151 e. The van der Waals surface area contributed by atoms with E-state index >= 15 is 0 Å². The van der Waals surface area contributed by atoms with Crippen LogP contribution in [0.15, 0.2) is 42.6 Å². The number of halogens is 1. The quantitative estimate of drug-likeness (QED) is 0.619. The van der Waals surface area contributed by atoms with Gasteiger partial charge in [-0.25, -0.2) is 4.98 Å². The standard InChI is InChI=1S/C25H30ClN7O/c26-20-4-5-22-19(13-20)15-32(21-14-27-9-12-34-17-21)16-24-29-30-25(33(22)24)18-6-10-31(11-7-18)23-3-1-2-8-28-23/h1-5,8,13,18,21,27H,6-7,9-12,14-17H2. The van der Waals surface area contributed by atoms with Crippen molar-refractivity contribution in [1.82, 2.24) is 30.0 Å². The second-order valence-electron chi connectivity index (χ2n) is 9.37. The van der Waals surface area contributed by atoms with Crippen molar-refractivity contribution >= 4 is 17.4 Å². The van der Waals surface area contributed by atoms with E-state index in [0.717, 1.165) is 93.5 Å². The zero-order chi connectivity index (χ0) is 22.9. The lowest BCUT2D eigenvalue weighted by Crippen LogP contribution is -2.42. The molecule has 3 aromatic rings. The van der Waals surface area contributed by atoms with E-state index < -0.39 is 0 Å². The van der Waals surface area contributed by atoms with Crippen LogP contribution in [0.5, 0.6) is 0 Å². The molecule has 1 N–H and O–H groups in total. The molecule has 178 valence electrons. The summed E-state index contributed by atoms with van der Waals surface area (Å²) >= 11 is 6.45. The van der Waals surface area contributed by atoms with Gasteiger partial charge >= 0.3 is 0 Å². The van der Waals surface area contributed by atoms with Crippen LogP contribution >= 0.6 is 11.6 Å². The molecule has 0 aliphatic carbocycles. The molecule has 0 bridgehead atoms. The molecule has 0 amide bonds. The Balaban J connectivity index is 1.30. The average molecular weight is 480 g/mol. The number of fused-ring (bicyclic) bond motifs is 3. The van der Waals surface area contributed by atoms with Gasteiger partial charge in [-0.1, -0.05) is 17.7 Å². The van der Waals surface area contributed by atoms with Gasteiger partial charge in [0.15, 0.2) is 5.82 Å². The minimum atomic E-state index is 0.280. The van der Waals surface area contributed by atoms with Gasteiger partial charge in [0.25, 0.3) is 0 Å². The summed E-state index contributed by atoms with van der Waals surface area (Å²) in [6, 6.07) is 12.6. The second kappa shape index (κ2) is 9.62. The molecular weight excluding hydrogens is 450 g/mol. The molecule has 5 heterocycles. The number of anilines is 1. The van der Waals surface area contributed by atoms with E-state index in [2.05, 4.69) is 48.9 Å². The Labute approximate surface area is 204 Å². The first kappa shape index (κ1) is 22.0. The third kappa shape index (κ3) is 4.31. The summed E-state index contributed by atoms with van der Waals surface area (Å²) in [5.41, 5.74) is 2.36. The third-order valence-corrected chi connectivity index (χ3v) is 7.45. The minimum absolute atomic E-state index is 0.280. The zero-order valence-electron chi connectivity index (χ0n) is 19.2. The first-order chi connectivity index (χ1) is 16.8. The van der Waals surface area contributed by atoms with Gasteiger partial charge in [-0.3, -0.25) is 9.47 Å². The molecule has 3 aliphatic rings. The average Bonchev–Trinajstić information content (AvgIpc) is 3.03. The van der Waals surface area contributed by atoms with Crippen molar-refractivity contribution < 1.29 is 4.74 Å². The first-order valence-electron chi connectivity index (χ1n) is 12.2. The van der Waals surface area contributed by atoms with Gasteiger partial charge in [0.05, 0.1) is 25.4 Å². The summed E-state index contributed by atoms with van der Waals surface area (Å²) in [5, 5.41) is 13.7. The van der Waals surface area contributed by atoms with Crippen LogP contribution < -0.4 is 10.2 Å². The molecule has 0 spiro atoms. The van der Waals surface area contributed by atoms with Crippen molar-refractivity contribution in [3.05, 3.63) is 64.8 Å². The van der Waals surface area contributed by atoms with Gasteiger partial charge in [0.1, 0.15) is 11.6 Å². The fraction of sp³-hybridized carbons (Fsp3) is 0.480. The van der Waals surface area contributed by atoms with Crippen molar-refractivity contribution in [3.63, 3.8) is 0 Å². The minimum Gasteiger partial charge on any atom is -0.378 e. The molecule has 3 aliphatic heterocycles. The molecule has 9 heteroatoms. The molecule has 8 nitrogen and oxygen atoms in total. The molecule has 6 rings (SSSR count). The number of nitrogens with zero attached hydrogens (tertiary/aromatic N) is 6. The van der Waals surface area contributed by atoms with Crippen molar-refractivity contribution in [1.29, 1.82) is 0 Å². The van der Waals surface area contributed by atoms with Crippen LogP contribution in [0.2, 0.25) is 5.02 Å². The van der Waals surface area contributed by atoms with Crippen LogP contribution in [0.25, 0.3) is 5.69 Å². The Kier molecular flexibility index (Phi) is 6.22. The predicted octanol–water partition coefficient (Wildman–Crippen LogP) is 3.00. The highest BCUT2D eigenvalue weighted by molar-refractivity contribution is 6.30. The van der Waals surface area contributed by atoms with Crippen molar-refractivity contribution in [2.45, 2.75) is 37.9 Å². The number of rotatable bonds is 3. The van der Waals surface area contributed by atoms with Gasteiger partial charge in [-0.2, -0.15) is 0 Å². The van der Waals surface area contributed by atoms with Gasteiger partial charge in [0, 0.05) is 55.9 Å². The molecule has 1 atom stereocenters. The Hall–Kier alpha value is -2.52. The summed E-state index contributed by atoms with van der Waals surface area (Å²) in [4.78, 5) is 9.35. The number of ether oxygens (including phenoxy) is 1. The number of benzene rings is 1.